The lowest BCUT2D eigenvalue weighted by Crippen LogP contribution is -2.23. The molecule has 1 unspecified atom stereocenters. The number of nitrogens with one attached hydrogen (secondary N) is 1. The maximum atomic E-state index is 9.91. The number of halogens is 1. The van der Waals surface area contributed by atoms with Gasteiger partial charge in [0, 0.05) is 10.6 Å². The molecule has 1 atom stereocenters. The minimum atomic E-state index is -0.686. The lowest BCUT2D eigenvalue weighted by Gasteiger charge is -2.07. The lowest BCUT2D eigenvalue weighted by molar-refractivity contribution is 0.191. The Bertz CT molecular complexity index is 556. The molecule has 0 fully saturated rings. The Morgan fingerprint density at radius 2 is 2.05 bits per heavy atom. The molecular formula is C13H14ClN3OS. The van der Waals surface area contributed by atoms with Crippen LogP contribution in [0.5, 0.6) is 0 Å². The summed E-state index contributed by atoms with van der Waals surface area (Å²) in [5.74, 6) is 0.271. The molecule has 0 aliphatic rings. The Morgan fingerprint density at radius 1 is 1.32 bits per heavy atom. The van der Waals surface area contributed by atoms with Crippen LogP contribution in [0.15, 0.2) is 47.5 Å². The number of hydrogen-bond donors (Lipinski definition) is 3. The summed E-state index contributed by atoms with van der Waals surface area (Å²) in [6.45, 7) is 0.197. The van der Waals surface area contributed by atoms with Crippen LogP contribution in [0.3, 0.4) is 0 Å². The van der Waals surface area contributed by atoms with Gasteiger partial charge in [-0.15, -0.1) is 11.3 Å². The summed E-state index contributed by atoms with van der Waals surface area (Å²) in [5, 5.41) is 12.9. The van der Waals surface area contributed by atoms with Gasteiger partial charge in [-0.1, -0.05) is 29.8 Å². The molecule has 0 radical (unpaired) electrons. The zero-order chi connectivity index (χ0) is 13.7. The number of rotatable bonds is 4. The van der Waals surface area contributed by atoms with Gasteiger partial charge in [0.1, 0.15) is 6.10 Å². The van der Waals surface area contributed by atoms with Crippen LogP contribution in [-0.2, 0) is 0 Å². The molecule has 1 aromatic heterocycles. The number of aliphatic imine (C=N–C) groups is 1. The Balaban J connectivity index is 1.91. The highest BCUT2D eigenvalue weighted by molar-refractivity contribution is 7.16. The zero-order valence-electron chi connectivity index (χ0n) is 10.1. The molecule has 0 saturated heterocycles. The van der Waals surface area contributed by atoms with Crippen molar-refractivity contribution in [2.75, 3.05) is 11.9 Å². The number of hydrogen-bond acceptors (Lipinski definition) is 3. The van der Waals surface area contributed by atoms with Crippen molar-refractivity contribution >= 4 is 34.6 Å². The van der Waals surface area contributed by atoms with E-state index >= 15 is 0 Å². The molecule has 4 nitrogen and oxygen atoms in total. The number of para-hydroxylation sites is 1. The molecule has 2 aromatic rings. The standard InChI is InChI=1S/C13H14ClN3OS/c14-12-7-6-11(19-12)10(18)8-16-13(15)17-9-4-2-1-3-5-9/h1-7,10,18H,8H2,(H3,15,16,17). The molecule has 1 aromatic carbocycles. The van der Waals surface area contributed by atoms with Crippen LogP contribution < -0.4 is 11.1 Å². The quantitative estimate of drug-likeness (QED) is 0.600. The summed E-state index contributed by atoms with van der Waals surface area (Å²) in [7, 11) is 0. The minimum absolute atomic E-state index is 0.197. The van der Waals surface area contributed by atoms with E-state index in [2.05, 4.69) is 10.3 Å². The molecule has 0 spiro atoms. The summed E-state index contributed by atoms with van der Waals surface area (Å²) in [5.41, 5.74) is 6.60. The average molecular weight is 296 g/mol. The van der Waals surface area contributed by atoms with E-state index in [-0.39, 0.29) is 12.5 Å². The molecular weight excluding hydrogens is 282 g/mol. The Hall–Kier alpha value is -1.56. The summed E-state index contributed by atoms with van der Waals surface area (Å²) >= 11 is 7.15. The third kappa shape index (κ3) is 4.24. The predicted molar refractivity (Wildman–Crippen MR) is 80.8 cm³/mol. The van der Waals surface area contributed by atoms with Crippen LogP contribution in [0.25, 0.3) is 0 Å². The van der Waals surface area contributed by atoms with Crippen LogP contribution >= 0.6 is 22.9 Å². The number of nitrogens with zero attached hydrogens (tertiary/aromatic N) is 1. The van der Waals surface area contributed by atoms with E-state index in [0.29, 0.717) is 4.34 Å². The minimum Gasteiger partial charge on any atom is -0.386 e. The maximum absolute atomic E-state index is 9.91. The van der Waals surface area contributed by atoms with E-state index in [1.165, 1.54) is 11.3 Å². The largest absolute Gasteiger partial charge is 0.386 e. The van der Waals surface area contributed by atoms with E-state index in [4.69, 9.17) is 17.3 Å². The van der Waals surface area contributed by atoms with Gasteiger partial charge < -0.3 is 16.2 Å². The fourth-order valence-corrected chi connectivity index (χ4v) is 2.53. The highest BCUT2D eigenvalue weighted by Crippen LogP contribution is 2.26. The molecule has 0 aliphatic heterocycles. The third-order valence-electron chi connectivity index (χ3n) is 2.40. The second kappa shape index (κ2) is 6.56. The van der Waals surface area contributed by atoms with Gasteiger partial charge in [-0.3, -0.25) is 4.99 Å². The van der Waals surface area contributed by atoms with Crippen molar-refractivity contribution < 1.29 is 5.11 Å². The first-order valence-electron chi connectivity index (χ1n) is 5.70. The second-order valence-corrected chi connectivity index (χ2v) is 5.62. The van der Waals surface area contributed by atoms with Crippen LogP contribution in [0, 0.1) is 0 Å². The number of guanidine groups is 1. The fourth-order valence-electron chi connectivity index (χ4n) is 1.49. The highest BCUT2D eigenvalue weighted by Gasteiger charge is 2.09. The van der Waals surface area contributed by atoms with E-state index in [9.17, 15) is 5.11 Å². The fraction of sp³-hybridized carbons (Fsp3) is 0.154. The molecule has 6 heteroatoms. The van der Waals surface area contributed by atoms with Gasteiger partial charge in [0.05, 0.1) is 10.9 Å². The van der Waals surface area contributed by atoms with Crippen molar-refractivity contribution in [2.24, 2.45) is 10.7 Å². The van der Waals surface area contributed by atoms with Crippen molar-refractivity contribution in [1.29, 1.82) is 0 Å². The van der Waals surface area contributed by atoms with Crippen molar-refractivity contribution in [3.05, 3.63) is 51.7 Å². The van der Waals surface area contributed by atoms with Crippen molar-refractivity contribution in [1.82, 2.24) is 0 Å². The molecule has 0 bridgehead atoms. The number of nitrogens with two attached hydrogens (primary N) is 1. The predicted octanol–water partition coefficient (Wildman–Crippen LogP) is 2.86. The first-order chi connectivity index (χ1) is 9.15. The van der Waals surface area contributed by atoms with E-state index in [1.54, 1.807) is 12.1 Å². The Morgan fingerprint density at radius 3 is 2.68 bits per heavy atom. The summed E-state index contributed by atoms with van der Waals surface area (Å²) in [6, 6.07) is 13.0. The third-order valence-corrected chi connectivity index (χ3v) is 3.74. The number of aliphatic hydroxyl groups is 1. The summed E-state index contributed by atoms with van der Waals surface area (Å²) in [4.78, 5) is 4.88. The molecule has 0 saturated carbocycles. The van der Waals surface area contributed by atoms with Gasteiger partial charge >= 0.3 is 0 Å². The van der Waals surface area contributed by atoms with Crippen LogP contribution in [0.2, 0.25) is 4.34 Å². The smallest absolute Gasteiger partial charge is 0.193 e. The maximum Gasteiger partial charge on any atom is 0.193 e. The number of anilines is 1. The average Bonchev–Trinajstić information content (AvgIpc) is 2.84. The van der Waals surface area contributed by atoms with Crippen molar-refractivity contribution in [2.45, 2.75) is 6.10 Å². The molecule has 1 heterocycles. The first-order valence-corrected chi connectivity index (χ1v) is 6.90. The topological polar surface area (TPSA) is 70.6 Å². The molecule has 0 aliphatic carbocycles. The van der Waals surface area contributed by atoms with Crippen molar-refractivity contribution in [3.8, 4) is 0 Å². The first kappa shape index (κ1) is 13.9. The van der Waals surface area contributed by atoms with Gasteiger partial charge in [-0.05, 0) is 24.3 Å². The summed E-state index contributed by atoms with van der Waals surface area (Å²) in [6.07, 6.45) is -0.686. The van der Waals surface area contributed by atoms with Crippen LogP contribution in [-0.4, -0.2) is 17.6 Å². The molecule has 100 valence electrons. The number of thiophene rings is 1. The van der Waals surface area contributed by atoms with Gasteiger partial charge in [0.15, 0.2) is 5.96 Å². The van der Waals surface area contributed by atoms with Crippen molar-refractivity contribution in [3.63, 3.8) is 0 Å². The summed E-state index contributed by atoms with van der Waals surface area (Å²) < 4.78 is 0.647. The Kier molecular flexibility index (Phi) is 4.79. The van der Waals surface area contributed by atoms with E-state index in [1.807, 2.05) is 30.3 Å². The highest BCUT2D eigenvalue weighted by atomic mass is 35.5. The number of benzene rings is 1. The van der Waals surface area contributed by atoms with E-state index in [0.717, 1.165) is 10.6 Å². The van der Waals surface area contributed by atoms with Gasteiger partial charge in [0.25, 0.3) is 0 Å². The normalized spacial score (nSPS) is 13.3. The van der Waals surface area contributed by atoms with Gasteiger partial charge in [-0.2, -0.15) is 0 Å². The SMILES string of the molecule is NC(=NCC(O)c1ccc(Cl)s1)Nc1ccccc1. The molecule has 0 amide bonds. The lowest BCUT2D eigenvalue weighted by atomic mass is 10.3. The monoisotopic (exact) mass is 295 g/mol. The second-order valence-electron chi connectivity index (χ2n) is 3.87. The zero-order valence-corrected chi connectivity index (χ0v) is 11.7. The Labute approximate surface area is 120 Å². The molecule has 2 rings (SSSR count). The number of aliphatic hydroxyl groups excluding tert-OH is 1. The van der Waals surface area contributed by atoms with Crippen LogP contribution in [0.1, 0.15) is 11.0 Å². The van der Waals surface area contributed by atoms with Gasteiger partial charge in [-0.25, -0.2) is 0 Å². The van der Waals surface area contributed by atoms with E-state index < -0.39 is 6.10 Å². The van der Waals surface area contributed by atoms with Gasteiger partial charge in [0.2, 0.25) is 0 Å². The molecule has 4 N–H and O–H groups in total. The van der Waals surface area contributed by atoms with Crippen LogP contribution in [0.4, 0.5) is 5.69 Å². The molecule has 19 heavy (non-hydrogen) atoms.